The summed E-state index contributed by atoms with van der Waals surface area (Å²) in [4.78, 5) is 33.0. The van der Waals surface area contributed by atoms with Gasteiger partial charge in [-0.2, -0.15) is 0 Å². The number of rotatable bonds is 4. The Bertz CT molecular complexity index is 1040. The normalized spacial score (nSPS) is 13.4. The lowest BCUT2D eigenvalue weighted by Crippen LogP contribution is -2.36. The van der Waals surface area contributed by atoms with Crippen molar-refractivity contribution in [1.29, 1.82) is 0 Å². The smallest absolute Gasteiger partial charge is 0.255 e. The van der Waals surface area contributed by atoms with Crippen molar-refractivity contribution in [3.63, 3.8) is 0 Å². The van der Waals surface area contributed by atoms with Crippen molar-refractivity contribution < 1.29 is 9.59 Å². The number of hydrogen-bond donors (Lipinski definition) is 1. The second-order valence-corrected chi connectivity index (χ2v) is 8.19. The molecule has 0 unspecified atom stereocenters. The van der Waals surface area contributed by atoms with E-state index in [1.165, 1.54) is 28.4 Å². The molecule has 0 saturated carbocycles. The van der Waals surface area contributed by atoms with Crippen LogP contribution in [0, 0.1) is 0 Å². The lowest BCUT2D eigenvalue weighted by atomic mass is 10.0. The Kier molecular flexibility index (Phi) is 5.13. The van der Waals surface area contributed by atoms with E-state index in [2.05, 4.69) is 17.1 Å². The Morgan fingerprint density at radius 2 is 1.86 bits per heavy atom. The van der Waals surface area contributed by atoms with E-state index in [0.29, 0.717) is 24.4 Å². The summed E-state index contributed by atoms with van der Waals surface area (Å²) in [6.07, 6.45) is 0.824. The molecule has 4 rings (SSSR count). The number of fused-ring (bicyclic) bond motifs is 3. The highest BCUT2D eigenvalue weighted by Crippen LogP contribution is 2.30. The number of benzene rings is 2. The zero-order valence-corrected chi connectivity index (χ0v) is 16.9. The fourth-order valence-electron chi connectivity index (χ4n) is 3.55. The average Bonchev–Trinajstić information content (AvgIpc) is 3.09. The first-order chi connectivity index (χ1) is 13.5. The molecule has 0 aliphatic carbocycles. The third-order valence-corrected chi connectivity index (χ3v) is 6.20. The van der Waals surface area contributed by atoms with Crippen LogP contribution in [-0.4, -0.2) is 53.0 Å². The summed E-state index contributed by atoms with van der Waals surface area (Å²) < 4.78 is 0. The topological polar surface area (TPSA) is 56.4 Å². The Morgan fingerprint density at radius 1 is 1.11 bits per heavy atom. The predicted molar refractivity (Wildman–Crippen MR) is 113 cm³/mol. The molecule has 0 radical (unpaired) electrons. The number of nitrogens with zero attached hydrogens (tertiary/aromatic N) is 2. The molecular formula is C22H23N3O2S. The van der Waals surface area contributed by atoms with Crippen molar-refractivity contribution in [2.24, 2.45) is 0 Å². The summed E-state index contributed by atoms with van der Waals surface area (Å²) in [7, 11) is 3.49. The maximum absolute atomic E-state index is 13.3. The van der Waals surface area contributed by atoms with E-state index < -0.39 is 0 Å². The molecule has 1 N–H and O–H groups in total. The molecule has 1 aliphatic rings. The molecule has 0 saturated heterocycles. The Labute approximate surface area is 168 Å². The SMILES string of the molecule is CN(C)C(=O)CSc1ccccc1C(=O)N1CCc2[nH]c3ccccc3c2C1. The van der Waals surface area contributed by atoms with Crippen LogP contribution in [0.5, 0.6) is 0 Å². The Hall–Kier alpha value is -2.73. The number of carbonyl (C=O) groups is 2. The second-order valence-electron chi connectivity index (χ2n) is 7.18. The molecule has 1 aromatic heterocycles. The molecule has 3 aromatic rings. The molecular weight excluding hydrogens is 370 g/mol. The van der Waals surface area contributed by atoms with Crippen molar-refractivity contribution in [3.8, 4) is 0 Å². The maximum Gasteiger partial charge on any atom is 0.255 e. The second kappa shape index (κ2) is 7.72. The van der Waals surface area contributed by atoms with Crippen molar-refractivity contribution in [3.05, 3.63) is 65.4 Å². The van der Waals surface area contributed by atoms with E-state index in [0.717, 1.165) is 16.8 Å². The third kappa shape index (κ3) is 3.52. The van der Waals surface area contributed by atoms with Crippen LogP contribution in [0.15, 0.2) is 53.4 Å². The van der Waals surface area contributed by atoms with Crippen LogP contribution < -0.4 is 0 Å². The summed E-state index contributed by atoms with van der Waals surface area (Å²) >= 11 is 1.42. The van der Waals surface area contributed by atoms with Gasteiger partial charge in [0, 0.05) is 60.7 Å². The van der Waals surface area contributed by atoms with Gasteiger partial charge in [-0.15, -0.1) is 11.8 Å². The Balaban J connectivity index is 1.56. The van der Waals surface area contributed by atoms with E-state index in [4.69, 9.17) is 0 Å². The van der Waals surface area contributed by atoms with Crippen LogP contribution in [0.1, 0.15) is 21.6 Å². The van der Waals surface area contributed by atoms with Gasteiger partial charge in [0.15, 0.2) is 0 Å². The molecule has 0 spiro atoms. The number of carbonyl (C=O) groups excluding carboxylic acids is 2. The van der Waals surface area contributed by atoms with Crippen molar-refractivity contribution in [1.82, 2.24) is 14.8 Å². The van der Waals surface area contributed by atoms with Crippen molar-refractivity contribution in [2.75, 3.05) is 26.4 Å². The number of H-pyrrole nitrogens is 1. The average molecular weight is 394 g/mol. The van der Waals surface area contributed by atoms with Gasteiger partial charge in [-0.1, -0.05) is 30.3 Å². The van der Waals surface area contributed by atoms with Gasteiger partial charge in [-0.25, -0.2) is 0 Å². The third-order valence-electron chi connectivity index (χ3n) is 5.14. The van der Waals surface area contributed by atoms with Crippen LogP contribution in [0.25, 0.3) is 10.9 Å². The number of nitrogens with one attached hydrogen (secondary N) is 1. The molecule has 2 amide bonds. The van der Waals surface area contributed by atoms with Crippen LogP contribution >= 0.6 is 11.8 Å². The minimum absolute atomic E-state index is 0.0244. The van der Waals surface area contributed by atoms with Crippen LogP contribution in [0.4, 0.5) is 0 Å². The van der Waals surface area contributed by atoms with Crippen molar-refractivity contribution in [2.45, 2.75) is 17.9 Å². The molecule has 2 heterocycles. The molecule has 1 aliphatic heterocycles. The molecule has 2 aromatic carbocycles. The standard InChI is InChI=1S/C22H23N3O2S/c1-24(2)21(26)14-28-20-10-6-4-8-16(20)22(27)25-12-11-19-17(13-25)15-7-3-5-9-18(15)23-19/h3-10,23H,11-14H2,1-2H3. The molecule has 6 heteroatoms. The lowest BCUT2D eigenvalue weighted by molar-refractivity contribution is -0.125. The Morgan fingerprint density at radius 3 is 2.68 bits per heavy atom. The molecule has 5 nitrogen and oxygen atoms in total. The highest BCUT2D eigenvalue weighted by atomic mass is 32.2. The fraction of sp³-hybridized carbons (Fsp3) is 0.273. The number of amides is 2. The van der Waals surface area contributed by atoms with Gasteiger partial charge in [-0.3, -0.25) is 9.59 Å². The molecule has 0 fully saturated rings. The molecule has 28 heavy (non-hydrogen) atoms. The summed E-state index contributed by atoms with van der Waals surface area (Å²) in [5.41, 5.74) is 4.23. The fourth-order valence-corrected chi connectivity index (χ4v) is 4.57. The molecule has 0 bridgehead atoms. The van der Waals surface area contributed by atoms with Crippen LogP contribution in [0.3, 0.4) is 0 Å². The van der Waals surface area contributed by atoms with Gasteiger partial charge in [0.25, 0.3) is 5.91 Å². The highest BCUT2D eigenvalue weighted by molar-refractivity contribution is 8.00. The largest absolute Gasteiger partial charge is 0.358 e. The van der Waals surface area contributed by atoms with Gasteiger partial charge in [0.1, 0.15) is 0 Å². The zero-order valence-electron chi connectivity index (χ0n) is 16.1. The van der Waals surface area contributed by atoms with Gasteiger partial charge < -0.3 is 14.8 Å². The zero-order chi connectivity index (χ0) is 19.7. The van der Waals surface area contributed by atoms with E-state index in [-0.39, 0.29) is 11.8 Å². The van der Waals surface area contributed by atoms with E-state index in [1.807, 2.05) is 41.3 Å². The number of aromatic amines is 1. The van der Waals surface area contributed by atoms with E-state index in [9.17, 15) is 9.59 Å². The van der Waals surface area contributed by atoms with Crippen LogP contribution in [-0.2, 0) is 17.8 Å². The maximum atomic E-state index is 13.3. The number of thioether (sulfide) groups is 1. The lowest BCUT2D eigenvalue weighted by Gasteiger charge is -2.28. The van der Waals surface area contributed by atoms with Gasteiger partial charge >= 0.3 is 0 Å². The quantitative estimate of drug-likeness (QED) is 0.690. The molecule has 144 valence electrons. The molecule has 0 atom stereocenters. The van der Waals surface area contributed by atoms with Gasteiger partial charge in [-0.05, 0) is 18.2 Å². The number of hydrogen-bond acceptors (Lipinski definition) is 3. The first-order valence-electron chi connectivity index (χ1n) is 9.34. The van der Waals surface area contributed by atoms with E-state index >= 15 is 0 Å². The minimum atomic E-state index is 0.0244. The van der Waals surface area contributed by atoms with Gasteiger partial charge in [0.2, 0.25) is 5.91 Å². The first-order valence-corrected chi connectivity index (χ1v) is 10.3. The monoisotopic (exact) mass is 393 g/mol. The van der Waals surface area contributed by atoms with Crippen molar-refractivity contribution >= 4 is 34.5 Å². The van der Waals surface area contributed by atoms with E-state index in [1.54, 1.807) is 19.0 Å². The van der Waals surface area contributed by atoms with Crippen LogP contribution in [0.2, 0.25) is 0 Å². The summed E-state index contributed by atoms with van der Waals surface area (Å²) in [5.74, 6) is 0.383. The predicted octanol–water partition coefficient (Wildman–Crippen LogP) is 3.55. The first kappa shape index (κ1) is 18.6. The summed E-state index contributed by atoms with van der Waals surface area (Å²) in [6, 6.07) is 15.8. The minimum Gasteiger partial charge on any atom is -0.358 e. The summed E-state index contributed by atoms with van der Waals surface area (Å²) in [5, 5.41) is 1.19. The van der Waals surface area contributed by atoms with Gasteiger partial charge in [0.05, 0.1) is 11.3 Å². The summed E-state index contributed by atoms with van der Waals surface area (Å²) in [6.45, 7) is 1.29. The number of aromatic nitrogens is 1. The number of para-hydroxylation sites is 1. The highest BCUT2D eigenvalue weighted by Gasteiger charge is 2.26.